The van der Waals surface area contributed by atoms with Crippen LogP contribution >= 0.6 is 0 Å². The van der Waals surface area contributed by atoms with E-state index in [0.29, 0.717) is 6.04 Å². The number of alkyl carbamates (subject to hydrolysis) is 1. The van der Waals surface area contributed by atoms with Gasteiger partial charge in [-0.15, -0.1) is 0 Å². The fourth-order valence-electron chi connectivity index (χ4n) is 1.97. The van der Waals surface area contributed by atoms with Crippen molar-refractivity contribution in [1.29, 1.82) is 0 Å². The number of hydrogen-bond donors (Lipinski definition) is 5. The number of hydrogen-bond acceptors (Lipinski definition) is 5. The lowest BCUT2D eigenvalue weighted by Gasteiger charge is -2.11. The third kappa shape index (κ3) is 47.7. The number of urea groups is 1. The highest BCUT2D eigenvalue weighted by Crippen LogP contribution is 1.91. The molecule has 0 aromatic carbocycles. The number of carbonyl (C=O) groups excluding carboxylic acids is 3. The number of rotatable bonds is 9. The van der Waals surface area contributed by atoms with Crippen molar-refractivity contribution in [2.24, 2.45) is 11.8 Å². The van der Waals surface area contributed by atoms with Crippen molar-refractivity contribution in [3.8, 4) is 0 Å². The van der Waals surface area contributed by atoms with Gasteiger partial charge >= 0.3 is 12.1 Å². The van der Waals surface area contributed by atoms with E-state index in [9.17, 15) is 14.4 Å². The molecule has 4 amide bonds. The lowest BCUT2D eigenvalue weighted by molar-refractivity contribution is -0.124. The molecule has 0 bridgehead atoms. The van der Waals surface area contributed by atoms with E-state index in [1.54, 1.807) is 0 Å². The summed E-state index contributed by atoms with van der Waals surface area (Å²) in [6.45, 7) is 32.7. The molecule has 9 nitrogen and oxygen atoms in total. The van der Waals surface area contributed by atoms with Crippen molar-refractivity contribution in [1.82, 2.24) is 26.6 Å². The van der Waals surface area contributed by atoms with Crippen LogP contribution in [-0.4, -0.2) is 60.9 Å². The van der Waals surface area contributed by atoms with E-state index in [-0.39, 0.29) is 54.2 Å². The van der Waals surface area contributed by atoms with E-state index < -0.39 is 0 Å². The molecule has 0 saturated heterocycles. The van der Waals surface area contributed by atoms with Gasteiger partial charge in [0.15, 0.2) is 0 Å². The molecule has 0 atom stereocenters. The summed E-state index contributed by atoms with van der Waals surface area (Å²) in [6.07, 6.45) is -0.385. The Morgan fingerprint density at radius 2 is 0.919 bits per heavy atom. The first-order valence-electron chi connectivity index (χ1n) is 13.8. The van der Waals surface area contributed by atoms with Crippen LogP contribution in [0.1, 0.15) is 111 Å². The summed E-state index contributed by atoms with van der Waals surface area (Å²) in [4.78, 5) is 32.4. The predicted octanol–water partition coefficient (Wildman–Crippen LogP) is 5.44. The van der Waals surface area contributed by atoms with Crippen LogP contribution in [0.3, 0.4) is 0 Å². The molecule has 0 unspecified atom stereocenters. The summed E-state index contributed by atoms with van der Waals surface area (Å²) in [7, 11) is 0. The Bertz CT molecular complexity index is 501. The average molecular weight is 534 g/mol. The quantitative estimate of drug-likeness (QED) is 0.270. The molecule has 0 rings (SSSR count). The topological polar surface area (TPSA) is 121 Å². The van der Waals surface area contributed by atoms with E-state index in [2.05, 4.69) is 54.3 Å². The van der Waals surface area contributed by atoms with Gasteiger partial charge in [0.2, 0.25) is 5.91 Å². The largest absolute Gasteiger partial charge is 0.447 e. The Morgan fingerprint density at radius 1 is 0.541 bits per heavy atom. The molecule has 0 radical (unpaired) electrons. The summed E-state index contributed by atoms with van der Waals surface area (Å²) in [6, 6.07) is 1.37. The number of carbonyl (C=O) groups is 3. The van der Waals surface area contributed by atoms with Crippen LogP contribution in [0.4, 0.5) is 9.59 Å². The van der Waals surface area contributed by atoms with E-state index in [1.807, 2.05) is 83.1 Å². The first-order chi connectivity index (χ1) is 16.7. The van der Waals surface area contributed by atoms with Gasteiger partial charge in [-0.05, 0) is 81.7 Å². The molecule has 0 saturated carbocycles. The first-order valence-corrected chi connectivity index (χ1v) is 13.8. The lowest BCUT2D eigenvalue weighted by Crippen LogP contribution is -2.42. The minimum atomic E-state index is -0.343. The van der Waals surface area contributed by atoms with Crippen molar-refractivity contribution in [2.75, 3.05) is 6.54 Å². The molecule has 0 aromatic rings. The number of amides is 4. The highest BCUT2D eigenvalue weighted by molar-refractivity contribution is 5.78. The van der Waals surface area contributed by atoms with Gasteiger partial charge in [-0.3, -0.25) is 4.79 Å². The zero-order valence-electron chi connectivity index (χ0n) is 27.0. The third-order valence-electron chi connectivity index (χ3n) is 3.48. The molecule has 5 N–H and O–H groups in total. The Balaban J connectivity index is -0.000000197. The Hall–Kier alpha value is -2.03. The van der Waals surface area contributed by atoms with Crippen molar-refractivity contribution in [2.45, 2.75) is 147 Å². The van der Waals surface area contributed by atoms with Crippen molar-refractivity contribution in [3.63, 3.8) is 0 Å². The summed E-state index contributed by atoms with van der Waals surface area (Å²) in [5.41, 5.74) is 0. The summed E-state index contributed by atoms with van der Waals surface area (Å²) in [5, 5.41) is 14.2. The van der Waals surface area contributed by atoms with Gasteiger partial charge in [0, 0.05) is 36.1 Å². The molecule has 0 heterocycles. The molecule has 0 aliphatic carbocycles. The van der Waals surface area contributed by atoms with Gasteiger partial charge in [-0.2, -0.15) is 0 Å². The zero-order chi connectivity index (χ0) is 30.3. The maximum absolute atomic E-state index is 10.8. The van der Waals surface area contributed by atoms with Gasteiger partial charge in [-0.25, -0.2) is 9.59 Å². The van der Waals surface area contributed by atoms with Crippen molar-refractivity contribution < 1.29 is 19.1 Å². The molecular formula is C28H63N5O4. The van der Waals surface area contributed by atoms with E-state index in [1.165, 1.54) is 0 Å². The fourth-order valence-corrected chi connectivity index (χ4v) is 1.97. The Labute approximate surface area is 229 Å². The van der Waals surface area contributed by atoms with E-state index in [4.69, 9.17) is 4.74 Å². The predicted molar refractivity (Wildman–Crippen MR) is 158 cm³/mol. The van der Waals surface area contributed by atoms with E-state index >= 15 is 0 Å². The normalized spacial score (nSPS) is 10.5. The van der Waals surface area contributed by atoms with Crippen LogP contribution in [-0.2, 0) is 9.53 Å². The van der Waals surface area contributed by atoms with Crippen LogP contribution in [0.15, 0.2) is 0 Å². The first kappa shape index (κ1) is 42.1. The number of ether oxygens (including phenoxy) is 1. The zero-order valence-corrected chi connectivity index (χ0v) is 27.0. The minimum Gasteiger partial charge on any atom is -0.447 e. The van der Waals surface area contributed by atoms with Gasteiger partial charge in [-0.1, -0.05) is 41.5 Å². The molecule has 0 aliphatic rings. The van der Waals surface area contributed by atoms with Gasteiger partial charge in [0.1, 0.15) is 0 Å². The van der Waals surface area contributed by atoms with Gasteiger partial charge in [0.05, 0.1) is 6.10 Å². The van der Waals surface area contributed by atoms with Crippen LogP contribution in [0.5, 0.6) is 0 Å². The molecular weight excluding hydrogens is 470 g/mol. The highest BCUT2D eigenvalue weighted by Gasteiger charge is 2.06. The molecule has 9 heteroatoms. The third-order valence-corrected chi connectivity index (χ3v) is 3.48. The van der Waals surface area contributed by atoms with Crippen LogP contribution in [0, 0.1) is 11.8 Å². The summed E-state index contributed by atoms with van der Waals surface area (Å²) >= 11 is 0. The van der Waals surface area contributed by atoms with Crippen LogP contribution in [0.25, 0.3) is 0 Å². The van der Waals surface area contributed by atoms with Crippen molar-refractivity contribution >= 4 is 18.0 Å². The van der Waals surface area contributed by atoms with Gasteiger partial charge < -0.3 is 31.3 Å². The Kier molecular flexibility index (Phi) is 29.1. The maximum atomic E-state index is 10.8. The smallest absolute Gasteiger partial charge is 0.407 e. The number of nitrogens with one attached hydrogen (secondary N) is 5. The maximum Gasteiger partial charge on any atom is 0.407 e. The molecule has 0 spiro atoms. The summed E-state index contributed by atoms with van der Waals surface area (Å²) in [5.74, 6) is 1.01. The second-order valence-electron chi connectivity index (χ2n) is 11.5. The molecule has 0 aliphatic heterocycles. The SMILES string of the molecule is CC(C)CNC(C)C.CC(C)NC(=O)C(C)C.CC(C)NC(=O)NC(C)C.CC(C)NC(=O)OC(C)C. The second-order valence-corrected chi connectivity index (χ2v) is 11.5. The molecule has 37 heavy (non-hydrogen) atoms. The Morgan fingerprint density at radius 3 is 1.11 bits per heavy atom. The molecule has 0 aromatic heterocycles. The van der Waals surface area contributed by atoms with Crippen LogP contribution in [0.2, 0.25) is 0 Å². The van der Waals surface area contributed by atoms with E-state index in [0.717, 1.165) is 12.5 Å². The average Bonchev–Trinajstić information content (AvgIpc) is 2.64. The monoisotopic (exact) mass is 533 g/mol. The minimum absolute atomic E-state index is 0.0428. The highest BCUT2D eigenvalue weighted by atomic mass is 16.6. The van der Waals surface area contributed by atoms with Gasteiger partial charge in [0.25, 0.3) is 0 Å². The lowest BCUT2D eigenvalue weighted by atomic mass is 10.2. The van der Waals surface area contributed by atoms with Crippen LogP contribution < -0.4 is 26.6 Å². The second kappa shape index (κ2) is 25.6. The fraction of sp³-hybridized carbons (Fsp3) is 0.893. The summed E-state index contributed by atoms with van der Waals surface area (Å²) < 4.78 is 4.81. The molecule has 0 fully saturated rings. The van der Waals surface area contributed by atoms with Crippen molar-refractivity contribution in [3.05, 3.63) is 0 Å². The standard InChI is InChI=1S/C7H16N2O.C7H15NO2.C7H15NO.C7H17N/c1-5(2)8-7(10)9-6(3)4;1-5(2)8-7(9)10-6(3)4;1-5(2)7(9)8-6(3)4;1-6(2)5-8-7(3)4/h5-6H,1-4H3,(H2,8,9,10);5-6H,1-4H3,(H,8,9);5-6H,1-4H3,(H,8,9);6-8H,5H2,1-4H3. The molecule has 224 valence electrons.